The van der Waals surface area contributed by atoms with Crippen LogP contribution in [-0.2, 0) is 0 Å². The van der Waals surface area contributed by atoms with Crippen LogP contribution in [0.1, 0.15) is 61.9 Å². The lowest BCUT2D eigenvalue weighted by Crippen LogP contribution is -2.31. The Bertz CT molecular complexity index is 730. The number of carbonyl (C=O) groups is 1. The second kappa shape index (κ2) is 7.52. The number of rotatable bonds is 5. The zero-order valence-corrected chi connectivity index (χ0v) is 14.6. The molecule has 0 radical (unpaired) electrons. The predicted molar refractivity (Wildman–Crippen MR) is 95.9 cm³/mol. The Labute approximate surface area is 147 Å². The summed E-state index contributed by atoms with van der Waals surface area (Å²) >= 11 is 0. The van der Waals surface area contributed by atoms with E-state index in [4.69, 9.17) is 4.74 Å². The van der Waals surface area contributed by atoms with Crippen molar-refractivity contribution in [2.75, 3.05) is 13.1 Å². The van der Waals surface area contributed by atoms with E-state index in [1.165, 1.54) is 19.3 Å². The van der Waals surface area contributed by atoms with Crippen molar-refractivity contribution in [3.8, 4) is 5.88 Å². The van der Waals surface area contributed by atoms with Crippen LogP contribution in [0.4, 0.5) is 0 Å². The lowest BCUT2D eigenvalue weighted by Gasteiger charge is -2.22. The largest absolute Gasteiger partial charge is 0.474 e. The molecule has 1 aliphatic heterocycles. The van der Waals surface area contributed by atoms with Gasteiger partial charge in [0.15, 0.2) is 11.4 Å². The first kappa shape index (κ1) is 16.5. The summed E-state index contributed by atoms with van der Waals surface area (Å²) in [6.07, 6.45) is 9.02. The van der Waals surface area contributed by atoms with Gasteiger partial charge in [-0.2, -0.15) is 10.1 Å². The summed E-state index contributed by atoms with van der Waals surface area (Å²) in [4.78, 5) is 17.1. The van der Waals surface area contributed by atoms with Crippen molar-refractivity contribution in [1.82, 2.24) is 20.5 Å². The summed E-state index contributed by atoms with van der Waals surface area (Å²) in [5.41, 5.74) is 1.15. The Morgan fingerprint density at radius 3 is 2.84 bits per heavy atom. The van der Waals surface area contributed by atoms with E-state index in [1.807, 2.05) is 12.1 Å². The van der Waals surface area contributed by atoms with Gasteiger partial charge in [-0.25, -0.2) is 0 Å². The van der Waals surface area contributed by atoms with Crippen molar-refractivity contribution in [3.63, 3.8) is 0 Å². The fraction of sp³-hybridized carbons (Fsp3) is 0.632. The van der Waals surface area contributed by atoms with Gasteiger partial charge in [0.2, 0.25) is 5.88 Å². The van der Waals surface area contributed by atoms with E-state index >= 15 is 0 Å². The molecule has 4 rings (SSSR count). The van der Waals surface area contributed by atoms with E-state index in [0.29, 0.717) is 29.6 Å². The number of H-pyrrole nitrogens is 1. The van der Waals surface area contributed by atoms with Crippen LogP contribution >= 0.6 is 0 Å². The highest BCUT2D eigenvalue weighted by Crippen LogP contribution is 2.25. The molecule has 1 saturated heterocycles. The third-order valence-electron chi connectivity index (χ3n) is 5.38. The minimum absolute atomic E-state index is 0.124. The maximum Gasteiger partial charge on any atom is 0.215 e. The summed E-state index contributed by atoms with van der Waals surface area (Å²) in [6.45, 7) is 1.99. The van der Waals surface area contributed by atoms with Crippen LogP contribution in [0.2, 0.25) is 0 Å². The Kier molecular flexibility index (Phi) is 4.97. The van der Waals surface area contributed by atoms with Crippen LogP contribution in [0.15, 0.2) is 12.1 Å². The standard InChI is InChI=1S/C19H26N4O2/c24-16(11-13-5-4-10-20-12-13)18-15-8-9-17(21-19(15)23-22-18)25-14-6-2-1-3-7-14/h8-9,13-14,20H,1-7,10-12H2,(H,21,22,23). The maximum absolute atomic E-state index is 12.6. The zero-order valence-electron chi connectivity index (χ0n) is 14.6. The SMILES string of the molecule is O=C(CC1CCCNC1)c1[nH]nc2nc(OC3CCCCC3)ccc12. The molecule has 6 heteroatoms. The molecule has 2 aliphatic rings. The Hall–Kier alpha value is -1.95. The molecule has 25 heavy (non-hydrogen) atoms. The van der Waals surface area contributed by atoms with Gasteiger partial charge in [-0.1, -0.05) is 6.42 Å². The topological polar surface area (TPSA) is 79.9 Å². The minimum Gasteiger partial charge on any atom is -0.474 e. The fourth-order valence-electron chi connectivity index (χ4n) is 3.97. The van der Waals surface area contributed by atoms with E-state index in [0.717, 1.165) is 44.2 Å². The maximum atomic E-state index is 12.6. The number of pyridine rings is 1. The average Bonchev–Trinajstić information content (AvgIpc) is 3.07. The predicted octanol–water partition coefficient (Wildman–Crippen LogP) is 3.24. The quantitative estimate of drug-likeness (QED) is 0.816. The van der Waals surface area contributed by atoms with E-state index in [1.54, 1.807) is 0 Å². The van der Waals surface area contributed by atoms with Crippen molar-refractivity contribution in [1.29, 1.82) is 0 Å². The van der Waals surface area contributed by atoms with E-state index in [2.05, 4.69) is 20.5 Å². The van der Waals surface area contributed by atoms with Gasteiger partial charge in [0, 0.05) is 17.9 Å². The smallest absolute Gasteiger partial charge is 0.215 e. The molecule has 3 heterocycles. The number of nitrogens with zero attached hydrogens (tertiary/aromatic N) is 2. The van der Waals surface area contributed by atoms with Gasteiger partial charge in [-0.05, 0) is 63.6 Å². The van der Waals surface area contributed by atoms with Crippen molar-refractivity contribution in [2.45, 2.75) is 57.5 Å². The first-order valence-electron chi connectivity index (χ1n) is 9.55. The molecule has 0 amide bonds. The van der Waals surface area contributed by atoms with Crippen LogP contribution in [0, 0.1) is 5.92 Å². The molecule has 6 nitrogen and oxygen atoms in total. The number of aromatic nitrogens is 3. The molecule has 2 aromatic rings. The minimum atomic E-state index is 0.124. The summed E-state index contributed by atoms with van der Waals surface area (Å²) in [7, 11) is 0. The normalized spacial score (nSPS) is 22.2. The van der Waals surface area contributed by atoms with E-state index in [9.17, 15) is 4.79 Å². The number of Topliss-reactive ketones (excluding diaryl/α,β-unsaturated/α-hetero) is 1. The molecule has 0 bridgehead atoms. The lowest BCUT2D eigenvalue weighted by atomic mass is 9.93. The van der Waals surface area contributed by atoms with Gasteiger partial charge >= 0.3 is 0 Å². The molecule has 2 aromatic heterocycles. The van der Waals surface area contributed by atoms with Crippen LogP contribution in [-0.4, -0.2) is 40.2 Å². The molecule has 1 atom stereocenters. The van der Waals surface area contributed by atoms with Gasteiger partial charge < -0.3 is 10.1 Å². The van der Waals surface area contributed by atoms with Crippen LogP contribution in [0.5, 0.6) is 5.88 Å². The molecule has 2 N–H and O–H groups in total. The average molecular weight is 342 g/mol. The van der Waals surface area contributed by atoms with Crippen LogP contribution in [0.3, 0.4) is 0 Å². The number of carbonyl (C=O) groups excluding carboxylic acids is 1. The summed E-state index contributed by atoms with van der Waals surface area (Å²) in [5.74, 6) is 1.15. The first-order valence-corrected chi connectivity index (χ1v) is 9.55. The molecule has 134 valence electrons. The van der Waals surface area contributed by atoms with Gasteiger partial charge in [0.25, 0.3) is 0 Å². The second-order valence-electron chi connectivity index (χ2n) is 7.34. The van der Waals surface area contributed by atoms with Gasteiger partial charge in [0.1, 0.15) is 11.8 Å². The third-order valence-corrected chi connectivity index (χ3v) is 5.38. The molecule has 2 fully saturated rings. The van der Waals surface area contributed by atoms with Crippen molar-refractivity contribution in [3.05, 3.63) is 17.8 Å². The Balaban J connectivity index is 1.46. The number of aromatic amines is 1. The van der Waals surface area contributed by atoms with Crippen LogP contribution in [0.25, 0.3) is 11.0 Å². The fourth-order valence-corrected chi connectivity index (χ4v) is 3.97. The number of ether oxygens (including phenoxy) is 1. The number of hydrogen-bond donors (Lipinski definition) is 2. The van der Waals surface area contributed by atoms with E-state index < -0.39 is 0 Å². The number of nitrogens with one attached hydrogen (secondary N) is 2. The van der Waals surface area contributed by atoms with Crippen molar-refractivity contribution >= 4 is 16.8 Å². The van der Waals surface area contributed by atoms with Gasteiger partial charge in [-0.3, -0.25) is 9.89 Å². The molecule has 1 aliphatic carbocycles. The highest BCUT2D eigenvalue weighted by molar-refractivity contribution is 6.05. The number of ketones is 1. The second-order valence-corrected chi connectivity index (χ2v) is 7.34. The molecule has 0 aromatic carbocycles. The first-order chi connectivity index (χ1) is 12.3. The zero-order chi connectivity index (χ0) is 17.1. The molecule has 1 unspecified atom stereocenters. The van der Waals surface area contributed by atoms with Gasteiger partial charge in [-0.15, -0.1) is 0 Å². The van der Waals surface area contributed by atoms with Crippen molar-refractivity contribution < 1.29 is 9.53 Å². The molecule has 1 saturated carbocycles. The summed E-state index contributed by atoms with van der Waals surface area (Å²) in [5, 5.41) is 11.3. The molecule has 0 spiro atoms. The summed E-state index contributed by atoms with van der Waals surface area (Å²) < 4.78 is 6.00. The molecular formula is C19H26N4O2. The molecular weight excluding hydrogens is 316 g/mol. The lowest BCUT2D eigenvalue weighted by molar-refractivity contribution is 0.0950. The van der Waals surface area contributed by atoms with E-state index in [-0.39, 0.29) is 11.9 Å². The van der Waals surface area contributed by atoms with Gasteiger partial charge in [0.05, 0.1) is 0 Å². The monoisotopic (exact) mass is 342 g/mol. The number of piperidine rings is 1. The third kappa shape index (κ3) is 3.84. The Morgan fingerprint density at radius 2 is 2.04 bits per heavy atom. The Morgan fingerprint density at radius 1 is 1.16 bits per heavy atom. The number of fused-ring (bicyclic) bond motifs is 1. The summed E-state index contributed by atoms with van der Waals surface area (Å²) in [6, 6.07) is 3.78. The highest BCUT2D eigenvalue weighted by Gasteiger charge is 2.22. The number of hydrogen-bond acceptors (Lipinski definition) is 5. The van der Waals surface area contributed by atoms with Crippen molar-refractivity contribution in [2.24, 2.45) is 5.92 Å². The van der Waals surface area contributed by atoms with Crippen LogP contribution < -0.4 is 10.1 Å². The highest BCUT2D eigenvalue weighted by atomic mass is 16.5.